The molecule has 1 amide bonds. The lowest BCUT2D eigenvalue weighted by Crippen LogP contribution is -2.45. The average Bonchev–Trinajstić information content (AvgIpc) is 2.36. The molecule has 0 aliphatic carbocycles. The molecule has 2 atom stereocenters. The molecule has 17 heavy (non-hydrogen) atoms. The summed E-state index contributed by atoms with van der Waals surface area (Å²) >= 11 is 0. The minimum atomic E-state index is -0.153. The Morgan fingerprint density at radius 2 is 2.24 bits per heavy atom. The predicted molar refractivity (Wildman–Crippen MR) is 67.1 cm³/mol. The summed E-state index contributed by atoms with van der Waals surface area (Å²) in [6.07, 6.45) is 4.97. The van der Waals surface area contributed by atoms with E-state index in [1.807, 2.05) is 18.7 Å². The van der Waals surface area contributed by atoms with E-state index in [-0.39, 0.29) is 12.2 Å². The summed E-state index contributed by atoms with van der Waals surface area (Å²) in [5, 5.41) is 0. The highest BCUT2D eigenvalue weighted by atomic mass is 16.6. The van der Waals surface area contributed by atoms with Crippen molar-refractivity contribution >= 4 is 6.09 Å². The third kappa shape index (κ3) is 4.54. The number of rotatable bonds is 5. The van der Waals surface area contributed by atoms with E-state index in [9.17, 15) is 4.79 Å². The monoisotopic (exact) mass is 243 g/mol. The first-order chi connectivity index (χ1) is 8.19. The Bertz CT molecular complexity index is 233. The van der Waals surface area contributed by atoms with Crippen LogP contribution >= 0.6 is 0 Å². The highest BCUT2D eigenvalue weighted by Gasteiger charge is 2.28. The van der Waals surface area contributed by atoms with Crippen molar-refractivity contribution in [2.24, 2.45) is 0 Å². The van der Waals surface area contributed by atoms with E-state index in [1.165, 1.54) is 6.42 Å². The van der Waals surface area contributed by atoms with Crippen LogP contribution in [-0.4, -0.2) is 43.4 Å². The molecule has 0 aromatic carbocycles. The summed E-state index contributed by atoms with van der Waals surface area (Å²) in [5.41, 5.74) is 0. The molecule has 0 bridgehead atoms. The SMILES string of the molecule is CCC(C)OC(=O)N1CCCCC1CCOC. The first kappa shape index (κ1) is 14.3. The summed E-state index contributed by atoms with van der Waals surface area (Å²) in [6, 6.07) is 0.292. The molecule has 0 saturated carbocycles. The summed E-state index contributed by atoms with van der Waals surface area (Å²) in [7, 11) is 1.70. The van der Waals surface area contributed by atoms with Crippen molar-refractivity contribution in [3.63, 3.8) is 0 Å². The van der Waals surface area contributed by atoms with Gasteiger partial charge < -0.3 is 14.4 Å². The van der Waals surface area contributed by atoms with Crippen molar-refractivity contribution in [3.8, 4) is 0 Å². The van der Waals surface area contributed by atoms with Crippen molar-refractivity contribution in [2.45, 2.75) is 58.1 Å². The summed E-state index contributed by atoms with van der Waals surface area (Å²) in [4.78, 5) is 13.9. The predicted octanol–water partition coefficient (Wildman–Crippen LogP) is 2.81. The number of amides is 1. The van der Waals surface area contributed by atoms with Gasteiger partial charge in [-0.1, -0.05) is 6.92 Å². The van der Waals surface area contributed by atoms with E-state index in [0.29, 0.717) is 12.6 Å². The van der Waals surface area contributed by atoms with Gasteiger partial charge in [-0.15, -0.1) is 0 Å². The lowest BCUT2D eigenvalue weighted by molar-refractivity contribution is 0.0390. The van der Waals surface area contributed by atoms with Crippen LogP contribution in [0.4, 0.5) is 4.79 Å². The fourth-order valence-corrected chi connectivity index (χ4v) is 2.12. The molecule has 100 valence electrons. The molecule has 2 unspecified atom stereocenters. The number of piperidine rings is 1. The smallest absolute Gasteiger partial charge is 0.410 e. The molecule has 1 aliphatic heterocycles. The van der Waals surface area contributed by atoms with Crippen LogP contribution in [0.3, 0.4) is 0 Å². The standard InChI is InChI=1S/C13H25NO3/c1-4-11(2)17-13(15)14-9-6-5-7-12(14)8-10-16-3/h11-12H,4-10H2,1-3H3. The molecule has 1 saturated heterocycles. The molecule has 4 nitrogen and oxygen atoms in total. The van der Waals surface area contributed by atoms with Gasteiger partial charge in [0.05, 0.1) is 0 Å². The Kier molecular flexibility index (Phi) is 6.34. The van der Waals surface area contributed by atoms with Gasteiger partial charge in [0.25, 0.3) is 0 Å². The van der Waals surface area contributed by atoms with Gasteiger partial charge in [-0.2, -0.15) is 0 Å². The molecule has 4 heteroatoms. The van der Waals surface area contributed by atoms with E-state index in [2.05, 4.69) is 0 Å². The number of hydrogen-bond donors (Lipinski definition) is 0. The molecule has 1 heterocycles. The Morgan fingerprint density at radius 1 is 1.47 bits per heavy atom. The average molecular weight is 243 g/mol. The second kappa shape index (κ2) is 7.54. The van der Waals surface area contributed by atoms with Gasteiger partial charge >= 0.3 is 6.09 Å². The maximum absolute atomic E-state index is 12.0. The molecule has 1 aliphatic rings. The van der Waals surface area contributed by atoms with Gasteiger partial charge in [-0.25, -0.2) is 4.79 Å². The number of hydrogen-bond acceptors (Lipinski definition) is 3. The van der Waals surface area contributed by atoms with Crippen LogP contribution in [-0.2, 0) is 9.47 Å². The van der Waals surface area contributed by atoms with Crippen molar-refractivity contribution in [2.75, 3.05) is 20.3 Å². The number of likely N-dealkylation sites (tertiary alicyclic amines) is 1. The zero-order valence-corrected chi connectivity index (χ0v) is 11.3. The normalized spacial score (nSPS) is 22.3. The highest BCUT2D eigenvalue weighted by Crippen LogP contribution is 2.21. The fourth-order valence-electron chi connectivity index (χ4n) is 2.12. The van der Waals surface area contributed by atoms with E-state index < -0.39 is 0 Å². The second-order valence-corrected chi connectivity index (χ2v) is 4.73. The molecule has 0 aromatic rings. The van der Waals surface area contributed by atoms with Crippen molar-refractivity contribution in [1.82, 2.24) is 4.90 Å². The lowest BCUT2D eigenvalue weighted by Gasteiger charge is -2.35. The minimum absolute atomic E-state index is 0.00695. The zero-order valence-electron chi connectivity index (χ0n) is 11.3. The van der Waals surface area contributed by atoms with Gasteiger partial charge in [0, 0.05) is 26.3 Å². The van der Waals surface area contributed by atoms with Crippen LogP contribution < -0.4 is 0 Å². The Hall–Kier alpha value is -0.770. The van der Waals surface area contributed by atoms with Crippen LogP contribution in [0.25, 0.3) is 0 Å². The summed E-state index contributed by atoms with van der Waals surface area (Å²) in [5.74, 6) is 0. The molecule has 0 aromatic heterocycles. The number of nitrogens with zero attached hydrogens (tertiary/aromatic N) is 1. The molecular weight excluding hydrogens is 218 g/mol. The maximum atomic E-state index is 12.0. The van der Waals surface area contributed by atoms with Gasteiger partial charge in [-0.3, -0.25) is 0 Å². The van der Waals surface area contributed by atoms with Gasteiger partial charge in [0.15, 0.2) is 0 Å². The van der Waals surface area contributed by atoms with Crippen molar-refractivity contribution < 1.29 is 14.3 Å². The van der Waals surface area contributed by atoms with Gasteiger partial charge in [0.1, 0.15) is 6.10 Å². The summed E-state index contributed by atoms with van der Waals surface area (Å²) < 4.78 is 10.5. The zero-order chi connectivity index (χ0) is 12.7. The van der Waals surface area contributed by atoms with Crippen LogP contribution in [0.1, 0.15) is 46.0 Å². The quantitative estimate of drug-likeness (QED) is 0.745. The second-order valence-electron chi connectivity index (χ2n) is 4.73. The number of methoxy groups -OCH3 is 1. The number of ether oxygens (including phenoxy) is 2. The highest BCUT2D eigenvalue weighted by molar-refractivity contribution is 5.68. The molecule has 0 spiro atoms. The van der Waals surface area contributed by atoms with E-state index in [0.717, 1.165) is 32.2 Å². The van der Waals surface area contributed by atoms with Gasteiger partial charge in [0.2, 0.25) is 0 Å². The lowest BCUT2D eigenvalue weighted by atomic mass is 10.0. The van der Waals surface area contributed by atoms with Crippen LogP contribution in [0.5, 0.6) is 0 Å². The Labute approximate surface area is 104 Å². The Morgan fingerprint density at radius 3 is 2.88 bits per heavy atom. The van der Waals surface area contributed by atoms with Crippen LogP contribution in [0.2, 0.25) is 0 Å². The maximum Gasteiger partial charge on any atom is 0.410 e. The van der Waals surface area contributed by atoms with Crippen LogP contribution in [0, 0.1) is 0 Å². The Balaban J connectivity index is 2.48. The first-order valence-corrected chi connectivity index (χ1v) is 6.65. The van der Waals surface area contributed by atoms with Crippen LogP contribution in [0.15, 0.2) is 0 Å². The molecular formula is C13H25NO3. The third-order valence-corrected chi connectivity index (χ3v) is 3.39. The molecule has 0 N–H and O–H groups in total. The van der Waals surface area contributed by atoms with Crippen molar-refractivity contribution in [3.05, 3.63) is 0 Å². The molecule has 0 radical (unpaired) electrons. The van der Waals surface area contributed by atoms with Crippen molar-refractivity contribution in [1.29, 1.82) is 0 Å². The van der Waals surface area contributed by atoms with E-state index in [4.69, 9.17) is 9.47 Å². The van der Waals surface area contributed by atoms with Gasteiger partial charge in [-0.05, 0) is 39.0 Å². The minimum Gasteiger partial charge on any atom is -0.446 e. The topological polar surface area (TPSA) is 38.8 Å². The first-order valence-electron chi connectivity index (χ1n) is 6.65. The third-order valence-electron chi connectivity index (χ3n) is 3.39. The number of carbonyl (C=O) groups excluding carboxylic acids is 1. The van der Waals surface area contributed by atoms with E-state index >= 15 is 0 Å². The van der Waals surface area contributed by atoms with E-state index in [1.54, 1.807) is 7.11 Å². The largest absolute Gasteiger partial charge is 0.446 e. The molecule has 1 rings (SSSR count). The number of carbonyl (C=O) groups is 1. The molecule has 1 fully saturated rings. The summed E-state index contributed by atoms with van der Waals surface area (Å²) in [6.45, 7) is 5.49. The fraction of sp³-hybridized carbons (Fsp3) is 0.923.